The van der Waals surface area contributed by atoms with E-state index < -0.39 is 6.10 Å². The van der Waals surface area contributed by atoms with Gasteiger partial charge in [0.2, 0.25) is 0 Å². The number of benzene rings is 1. The Hall–Kier alpha value is -1.41. The van der Waals surface area contributed by atoms with E-state index in [9.17, 15) is 9.90 Å². The predicted octanol–water partition coefficient (Wildman–Crippen LogP) is 2.65. The number of aliphatic hydroxyl groups excluding tert-OH is 1. The van der Waals surface area contributed by atoms with Crippen LogP contribution in [0.1, 0.15) is 31.9 Å². The molecule has 1 aromatic carbocycles. The molecule has 1 atom stereocenters. The van der Waals surface area contributed by atoms with Gasteiger partial charge in [-0.15, -0.1) is 0 Å². The van der Waals surface area contributed by atoms with Crippen LogP contribution in [0.25, 0.3) is 0 Å². The standard InChI is InChI=1S/C13H16O2/c1-3-12(14)9-10(2)13(15)11-7-5-4-6-8-11/h4-9,13,15H,3H2,1-2H3/b10-9-. The van der Waals surface area contributed by atoms with E-state index in [0.717, 1.165) is 5.56 Å². The lowest BCUT2D eigenvalue weighted by Gasteiger charge is -2.11. The van der Waals surface area contributed by atoms with Crippen LogP contribution in [0.5, 0.6) is 0 Å². The van der Waals surface area contributed by atoms with Gasteiger partial charge in [0.15, 0.2) is 5.78 Å². The molecule has 0 bridgehead atoms. The highest BCUT2D eigenvalue weighted by Gasteiger charge is 2.09. The van der Waals surface area contributed by atoms with Crippen molar-refractivity contribution in [1.82, 2.24) is 0 Å². The molecule has 0 aliphatic rings. The molecule has 1 N–H and O–H groups in total. The van der Waals surface area contributed by atoms with Gasteiger partial charge in [0.05, 0.1) is 0 Å². The number of hydrogen-bond acceptors (Lipinski definition) is 2. The third-order valence-corrected chi connectivity index (χ3v) is 2.28. The normalized spacial score (nSPS) is 13.7. The lowest BCUT2D eigenvalue weighted by Crippen LogP contribution is -2.01. The van der Waals surface area contributed by atoms with E-state index in [4.69, 9.17) is 0 Å². The van der Waals surface area contributed by atoms with E-state index in [-0.39, 0.29) is 5.78 Å². The van der Waals surface area contributed by atoms with Crippen molar-refractivity contribution in [1.29, 1.82) is 0 Å². The van der Waals surface area contributed by atoms with E-state index in [1.807, 2.05) is 30.3 Å². The average Bonchev–Trinajstić information content (AvgIpc) is 2.29. The minimum atomic E-state index is -0.679. The molecule has 1 rings (SSSR count). The number of hydrogen-bond donors (Lipinski definition) is 1. The number of allylic oxidation sites excluding steroid dienone is 1. The third-order valence-electron chi connectivity index (χ3n) is 2.28. The van der Waals surface area contributed by atoms with Crippen LogP contribution in [-0.2, 0) is 4.79 Å². The summed E-state index contributed by atoms with van der Waals surface area (Å²) < 4.78 is 0. The minimum absolute atomic E-state index is 0.0440. The SMILES string of the molecule is CCC(=O)/C=C(/C)C(O)c1ccccc1. The van der Waals surface area contributed by atoms with Crippen molar-refractivity contribution in [2.24, 2.45) is 0 Å². The molecule has 0 saturated heterocycles. The van der Waals surface area contributed by atoms with Crippen molar-refractivity contribution in [3.05, 3.63) is 47.5 Å². The third kappa shape index (κ3) is 3.33. The van der Waals surface area contributed by atoms with E-state index in [0.29, 0.717) is 12.0 Å². The van der Waals surface area contributed by atoms with Gasteiger partial charge in [0, 0.05) is 6.42 Å². The quantitative estimate of drug-likeness (QED) is 0.765. The lowest BCUT2D eigenvalue weighted by atomic mass is 10.0. The first kappa shape index (κ1) is 11.7. The highest BCUT2D eigenvalue weighted by atomic mass is 16.3. The Bertz CT molecular complexity index is 352. The maximum absolute atomic E-state index is 11.2. The first-order chi connectivity index (χ1) is 7.15. The summed E-state index contributed by atoms with van der Waals surface area (Å²) >= 11 is 0. The van der Waals surface area contributed by atoms with Crippen LogP contribution in [0, 0.1) is 0 Å². The molecule has 1 unspecified atom stereocenters. The molecule has 0 heterocycles. The summed E-state index contributed by atoms with van der Waals surface area (Å²) in [7, 11) is 0. The first-order valence-corrected chi connectivity index (χ1v) is 5.09. The molecule has 0 spiro atoms. The summed E-state index contributed by atoms with van der Waals surface area (Å²) in [5, 5.41) is 9.91. The van der Waals surface area contributed by atoms with E-state index in [2.05, 4.69) is 0 Å². The van der Waals surface area contributed by atoms with Gasteiger partial charge in [-0.25, -0.2) is 0 Å². The van der Waals surface area contributed by atoms with Crippen LogP contribution < -0.4 is 0 Å². The largest absolute Gasteiger partial charge is 0.384 e. The van der Waals surface area contributed by atoms with E-state index in [1.54, 1.807) is 13.8 Å². The average molecular weight is 204 g/mol. The van der Waals surface area contributed by atoms with Gasteiger partial charge in [-0.2, -0.15) is 0 Å². The highest BCUT2D eigenvalue weighted by Crippen LogP contribution is 2.20. The van der Waals surface area contributed by atoms with Crippen molar-refractivity contribution in [3.63, 3.8) is 0 Å². The summed E-state index contributed by atoms with van der Waals surface area (Å²) in [5.74, 6) is 0.0440. The zero-order chi connectivity index (χ0) is 11.3. The summed E-state index contributed by atoms with van der Waals surface area (Å²) in [4.78, 5) is 11.2. The van der Waals surface area contributed by atoms with Gasteiger partial charge in [-0.3, -0.25) is 4.79 Å². The van der Waals surface area contributed by atoms with Crippen molar-refractivity contribution in [3.8, 4) is 0 Å². The van der Waals surface area contributed by atoms with Gasteiger partial charge in [-0.1, -0.05) is 37.3 Å². The zero-order valence-electron chi connectivity index (χ0n) is 9.10. The molecule has 0 aliphatic heterocycles. The summed E-state index contributed by atoms with van der Waals surface area (Å²) in [5.41, 5.74) is 1.50. The van der Waals surface area contributed by atoms with Crippen molar-refractivity contribution in [2.75, 3.05) is 0 Å². The molecule has 0 aromatic heterocycles. The van der Waals surface area contributed by atoms with Gasteiger partial charge in [0.25, 0.3) is 0 Å². The fourth-order valence-corrected chi connectivity index (χ4v) is 1.33. The minimum Gasteiger partial charge on any atom is -0.384 e. The van der Waals surface area contributed by atoms with Crippen LogP contribution in [-0.4, -0.2) is 10.9 Å². The van der Waals surface area contributed by atoms with Crippen LogP contribution in [0.15, 0.2) is 42.0 Å². The number of carbonyl (C=O) groups is 1. The van der Waals surface area contributed by atoms with Crippen molar-refractivity contribution >= 4 is 5.78 Å². The smallest absolute Gasteiger partial charge is 0.155 e. The molecule has 15 heavy (non-hydrogen) atoms. The Morgan fingerprint density at radius 1 is 1.40 bits per heavy atom. The molecule has 1 aromatic rings. The highest BCUT2D eigenvalue weighted by molar-refractivity contribution is 5.90. The molecular weight excluding hydrogens is 188 g/mol. The van der Waals surface area contributed by atoms with E-state index in [1.165, 1.54) is 6.08 Å². The fraction of sp³-hybridized carbons (Fsp3) is 0.308. The van der Waals surface area contributed by atoms with Crippen LogP contribution in [0.3, 0.4) is 0 Å². The molecule has 0 fully saturated rings. The van der Waals surface area contributed by atoms with Gasteiger partial charge in [-0.05, 0) is 24.1 Å². The summed E-state index contributed by atoms with van der Waals surface area (Å²) in [6, 6.07) is 9.32. The molecule has 2 nitrogen and oxygen atoms in total. The molecule has 2 heteroatoms. The van der Waals surface area contributed by atoms with Crippen LogP contribution in [0.4, 0.5) is 0 Å². The second kappa shape index (κ2) is 5.47. The molecule has 0 radical (unpaired) electrons. The monoisotopic (exact) mass is 204 g/mol. The Labute approximate surface area is 90.3 Å². The van der Waals surface area contributed by atoms with E-state index >= 15 is 0 Å². The molecule has 80 valence electrons. The number of carbonyl (C=O) groups excluding carboxylic acids is 1. The van der Waals surface area contributed by atoms with Gasteiger partial charge in [0.1, 0.15) is 6.10 Å². The second-order valence-corrected chi connectivity index (χ2v) is 3.52. The predicted molar refractivity (Wildman–Crippen MR) is 60.5 cm³/mol. The topological polar surface area (TPSA) is 37.3 Å². The fourth-order valence-electron chi connectivity index (χ4n) is 1.33. The maximum atomic E-state index is 11.2. The second-order valence-electron chi connectivity index (χ2n) is 3.52. The number of ketones is 1. The summed E-state index contributed by atoms with van der Waals surface area (Å²) in [6.45, 7) is 3.58. The van der Waals surface area contributed by atoms with Crippen molar-refractivity contribution < 1.29 is 9.90 Å². The molecule has 0 amide bonds. The summed E-state index contributed by atoms with van der Waals surface area (Å²) in [6.07, 6.45) is 1.30. The molecular formula is C13H16O2. The Balaban J connectivity index is 2.81. The maximum Gasteiger partial charge on any atom is 0.155 e. The van der Waals surface area contributed by atoms with Gasteiger partial charge < -0.3 is 5.11 Å². The Morgan fingerprint density at radius 2 is 2.00 bits per heavy atom. The van der Waals surface area contributed by atoms with Gasteiger partial charge >= 0.3 is 0 Å². The molecule has 0 saturated carbocycles. The number of rotatable bonds is 4. The van der Waals surface area contributed by atoms with Crippen molar-refractivity contribution in [2.45, 2.75) is 26.4 Å². The zero-order valence-corrected chi connectivity index (χ0v) is 9.10. The lowest BCUT2D eigenvalue weighted by molar-refractivity contribution is -0.114. The Morgan fingerprint density at radius 3 is 2.53 bits per heavy atom. The molecule has 0 aliphatic carbocycles. The van der Waals surface area contributed by atoms with Crippen LogP contribution >= 0.6 is 0 Å². The Kier molecular flexibility index (Phi) is 4.25. The van der Waals surface area contributed by atoms with Crippen LogP contribution in [0.2, 0.25) is 0 Å². The first-order valence-electron chi connectivity index (χ1n) is 5.09. The number of aliphatic hydroxyl groups is 1.